The maximum atomic E-state index is 14.6. The van der Waals surface area contributed by atoms with Gasteiger partial charge in [0.15, 0.2) is 17.4 Å². The van der Waals surface area contributed by atoms with Gasteiger partial charge in [0.05, 0.1) is 5.69 Å². The summed E-state index contributed by atoms with van der Waals surface area (Å²) in [4.78, 5) is 24.7. The van der Waals surface area contributed by atoms with Crippen molar-refractivity contribution >= 4 is 23.3 Å². The number of nitrogens with one attached hydrogen (secondary N) is 4. The molecule has 4 N–H and O–H groups in total. The molecule has 1 aliphatic heterocycles. The minimum atomic E-state index is -0.843. The normalized spacial score (nSPS) is 13.5. The van der Waals surface area contributed by atoms with Crippen molar-refractivity contribution in [2.75, 3.05) is 23.7 Å². The van der Waals surface area contributed by atoms with Crippen LogP contribution in [-0.4, -0.2) is 37.2 Å². The fraction of sp³-hybridized carbons (Fsp3) is 0.333. The predicted octanol–water partition coefficient (Wildman–Crippen LogP) is 6.45. The number of anilines is 2. The molecule has 3 amide bonds. The second-order valence-corrected chi connectivity index (χ2v) is 9.55. The molecular weight excluding hydrogens is 518 g/mol. The molecular formula is C30H34F2N4O4. The second-order valence-electron chi connectivity index (χ2n) is 9.55. The highest BCUT2D eigenvalue weighted by Gasteiger charge is 2.17. The number of hydrogen-bond donors (Lipinski definition) is 4. The third-order valence-electron chi connectivity index (χ3n) is 6.64. The van der Waals surface area contributed by atoms with Crippen molar-refractivity contribution in [2.45, 2.75) is 51.7 Å². The maximum absolute atomic E-state index is 14.6. The van der Waals surface area contributed by atoms with Crippen LogP contribution in [0, 0.1) is 11.6 Å². The van der Waals surface area contributed by atoms with E-state index in [4.69, 9.17) is 9.47 Å². The van der Waals surface area contributed by atoms with E-state index in [-0.39, 0.29) is 35.2 Å². The third kappa shape index (κ3) is 7.92. The van der Waals surface area contributed by atoms with Crippen LogP contribution >= 0.6 is 0 Å². The number of piperidine rings is 1. The van der Waals surface area contributed by atoms with Crippen molar-refractivity contribution in [3.63, 3.8) is 0 Å². The third-order valence-corrected chi connectivity index (χ3v) is 6.64. The zero-order valence-corrected chi connectivity index (χ0v) is 22.6. The number of carbonyl (C=O) groups excluding carboxylic acids is 2. The van der Waals surface area contributed by atoms with Crippen LogP contribution in [0.2, 0.25) is 0 Å². The van der Waals surface area contributed by atoms with E-state index in [1.54, 1.807) is 36.4 Å². The van der Waals surface area contributed by atoms with Gasteiger partial charge in [0.1, 0.15) is 17.6 Å². The molecule has 1 fully saturated rings. The highest BCUT2D eigenvalue weighted by Crippen LogP contribution is 2.30. The van der Waals surface area contributed by atoms with Gasteiger partial charge < -0.3 is 30.7 Å². The van der Waals surface area contributed by atoms with Crippen LogP contribution in [0.3, 0.4) is 0 Å². The van der Waals surface area contributed by atoms with Gasteiger partial charge >= 0.3 is 6.03 Å². The molecule has 4 rings (SSSR count). The SMILES string of the molecule is CCC(CC)NC(=O)Nc1cc(F)c(Oc2ccc(NC(=O)c3ccc(OC4CCNCC4)cc3)cc2)cc1F. The summed E-state index contributed by atoms with van der Waals surface area (Å²) in [7, 11) is 0. The fourth-order valence-electron chi connectivity index (χ4n) is 4.27. The molecule has 1 saturated heterocycles. The number of urea groups is 1. The monoisotopic (exact) mass is 552 g/mol. The highest BCUT2D eigenvalue weighted by molar-refractivity contribution is 6.04. The first kappa shape index (κ1) is 28.8. The molecule has 1 heterocycles. The number of benzene rings is 3. The smallest absolute Gasteiger partial charge is 0.319 e. The molecule has 1 aliphatic rings. The topological polar surface area (TPSA) is 101 Å². The van der Waals surface area contributed by atoms with Gasteiger partial charge in [0.25, 0.3) is 5.91 Å². The zero-order valence-electron chi connectivity index (χ0n) is 22.6. The Morgan fingerprint density at radius 1 is 0.900 bits per heavy atom. The predicted molar refractivity (Wildman–Crippen MR) is 150 cm³/mol. The Hall–Kier alpha value is -4.18. The molecule has 0 atom stereocenters. The summed E-state index contributed by atoms with van der Waals surface area (Å²) in [5.74, 6) is -1.36. The lowest BCUT2D eigenvalue weighted by Gasteiger charge is -2.23. The van der Waals surface area contributed by atoms with E-state index in [1.165, 1.54) is 12.1 Å². The average Bonchev–Trinajstić information content (AvgIpc) is 2.96. The number of halogens is 2. The summed E-state index contributed by atoms with van der Waals surface area (Å²) < 4.78 is 40.7. The Kier molecular flexibility index (Phi) is 9.91. The van der Waals surface area contributed by atoms with Gasteiger partial charge in [-0.1, -0.05) is 13.8 Å². The van der Waals surface area contributed by atoms with Crippen molar-refractivity contribution in [1.29, 1.82) is 0 Å². The summed E-state index contributed by atoms with van der Waals surface area (Å²) in [5, 5.41) is 11.1. The van der Waals surface area contributed by atoms with Gasteiger partial charge in [-0.25, -0.2) is 13.6 Å². The Balaban J connectivity index is 1.32. The van der Waals surface area contributed by atoms with E-state index >= 15 is 0 Å². The van der Waals surface area contributed by atoms with E-state index in [0.717, 1.165) is 56.7 Å². The molecule has 10 heteroatoms. The van der Waals surface area contributed by atoms with Crippen LogP contribution in [0.1, 0.15) is 49.9 Å². The Morgan fingerprint density at radius 2 is 1.55 bits per heavy atom. The van der Waals surface area contributed by atoms with Gasteiger partial charge in [0.2, 0.25) is 0 Å². The lowest BCUT2D eigenvalue weighted by molar-refractivity contribution is 0.102. The molecule has 40 heavy (non-hydrogen) atoms. The van der Waals surface area contributed by atoms with Crippen LogP contribution in [0.25, 0.3) is 0 Å². The zero-order chi connectivity index (χ0) is 28.5. The summed E-state index contributed by atoms with van der Waals surface area (Å²) in [5.41, 5.74) is 0.678. The van der Waals surface area contributed by atoms with Crippen molar-refractivity contribution in [3.05, 3.63) is 77.9 Å². The first-order chi connectivity index (χ1) is 19.3. The summed E-state index contributed by atoms with van der Waals surface area (Å²) in [6.45, 7) is 5.71. The van der Waals surface area contributed by atoms with E-state index in [1.807, 2.05) is 13.8 Å². The summed E-state index contributed by atoms with van der Waals surface area (Å²) >= 11 is 0. The number of rotatable bonds is 10. The molecule has 0 unspecified atom stereocenters. The van der Waals surface area contributed by atoms with E-state index in [2.05, 4.69) is 21.3 Å². The Bertz CT molecular complexity index is 1290. The van der Waals surface area contributed by atoms with Gasteiger partial charge in [0, 0.05) is 29.4 Å². The lowest BCUT2D eigenvalue weighted by atomic mass is 10.1. The van der Waals surface area contributed by atoms with Gasteiger partial charge in [-0.2, -0.15) is 0 Å². The molecule has 3 aromatic carbocycles. The first-order valence-electron chi connectivity index (χ1n) is 13.5. The van der Waals surface area contributed by atoms with Crippen molar-refractivity contribution in [1.82, 2.24) is 10.6 Å². The van der Waals surface area contributed by atoms with E-state index in [9.17, 15) is 18.4 Å². The first-order valence-corrected chi connectivity index (χ1v) is 13.5. The number of ether oxygens (including phenoxy) is 2. The molecule has 0 aromatic heterocycles. The highest BCUT2D eigenvalue weighted by atomic mass is 19.1. The Labute approximate surface area is 232 Å². The number of hydrogen-bond acceptors (Lipinski definition) is 5. The molecule has 8 nitrogen and oxygen atoms in total. The second kappa shape index (κ2) is 13.7. The number of carbonyl (C=O) groups is 2. The van der Waals surface area contributed by atoms with Crippen molar-refractivity contribution < 1.29 is 27.8 Å². The van der Waals surface area contributed by atoms with Gasteiger partial charge in [-0.05, 0) is 87.3 Å². The van der Waals surface area contributed by atoms with Gasteiger partial charge in [-0.3, -0.25) is 4.79 Å². The average molecular weight is 553 g/mol. The minimum Gasteiger partial charge on any atom is -0.490 e. The molecule has 0 aliphatic carbocycles. The largest absolute Gasteiger partial charge is 0.490 e. The summed E-state index contributed by atoms with van der Waals surface area (Å²) in [6.07, 6.45) is 3.51. The van der Waals surface area contributed by atoms with E-state index < -0.39 is 17.7 Å². The standard InChI is InChI=1S/C30H34F2N4O4/c1-3-20(4-2)35-30(38)36-27-17-26(32)28(18-25(27)31)40-23-11-7-21(8-12-23)34-29(37)19-5-9-22(10-6-19)39-24-13-15-33-16-14-24/h5-12,17-18,20,24,33H,3-4,13-16H2,1-2H3,(H,34,37)(H2,35,36,38). The summed E-state index contributed by atoms with van der Waals surface area (Å²) in [6, 6.07) is 14.3. The van der Waals surface area contributed by atoms with E-state index in [0.29, 0.717) is 11.3 Å². The van der Waals surface area contributed by atoms with Crippen LogP contribution in [-0.2, 0) is 0 Å². The molecule has 0 bridgehead atoms. The van der Waals surface area contributed by atoms with Crippen LogP contribution in [0.5, 0.6) is 17.2 Å². The molecule has 3 aromatic rings. The fourth-order valence-corrected chi connectivity index (χ4v) is 4.27. The van der Waals surface area contributed by atoms with Crippen molar-refractivity contribution in [2.24, 2.45) is 0 Å². The maximum Gasteiger partial charge on any atom is 0.319 e. The van der Waals surface area contributed by atoms with Gasteiger partial charge in [-0.15, -0.1) is 0 Å². The van der Waals surface area contributed by atoms with Crippen LogP contribution in [0.4, 0.5) is 25.0 Å². The Morgan fingerprint density at radius 3 is 2.20 bits per heavy atom. The molecule has 0 saturated carbocycles. The molecule has 212 valence electrons. The quantitative estimate of drug-likeness (QED) is 0.232. The van der Waals surface area contributed by atoms with Crippen LogP contribution < -0.4 is 30.7 Å². The lowest BCUT2D eigenvalue weighted by Crippen LogP contribution is -2.37. The molecule has 0 radical (unpaired) electrons. The van der Waals surface area contributed by atoms with Crippen LogP contribution in [0.15, 0.2) is 60.7 Å². The number of amides is 3. The minimum absolute atomic E-state index is 0.0625. The molecule has 0 spiro atoms. The van der Waals surface area contributed by atoms with Crippen molar-refractivity contribution in [3.8, 4) is 17.2 Å².